The molecule has 35 heavy (non-hydrogen) atoms. The van der Waals surface area contributed by atoms with Crippen LogP contribution in [0.2, 0.25) is 10.0 Å². The minimum absolute atomic E-state index is 0.0461. The number of anilines is 2. The summed E-state index contributed by atoms with van der Waals surface area (Å²) in [6.07, 6.45) is -1.98. The summed E-state index contributed by atoms with van der Waals surface area (Å²) in [5, 5.41) is 4.07. The average molecular weight is 534 g/mol. The van der Waals surface area contributed by atoms with Crippen molar-refractivity contribution in [3.05, 3.63) is 45.6 Å². The van der Waals surface area contributed by atoms with E-state index in [-0.39, 0.29) is 21.7 Å². The molecule has 3 rings (SSSR count). The van der Waals surface area contributed by atoms with Gasteiger partial charge in [0.05, 0.1) is 16.1 Å². The Bertz CT molecular complexity index is 1090. The minimum atomic E-state index is -5.26. The number of amides is 1. The van der Waals surface area contributed by atoms with E-state index in [0.717, 1.165) is 5.56 Å². The fourth-order valence-corrected chi connectivity index (χ4v) is 3.92. The van der Waals surface area contributed by atoms with Crippen molar-refractivity contribution in [3.63, 3.8) is 0 Å². The molecule has 1 fully saturated rings. The lowest BCUT2D eigenvalue weighted by Gasteiger charge is -2.35. The third-order valence-electron chi connectivity index (χ3n) is 5.51. The van der Waals surface area contributed by atoms with Crippen LogP contribution in [-0.2, 0) is 9.63 Å². The van der Waals surface area contributed by atoms with Gasteiger partial charge in [-0.15, -0.1) is 0 Å². The first kappa shape index (κ1) is 26.8. The molecule has 1 aromatic heterocycles. The molecule has 1 heterocycles. The maximum absolute atomic E-state index is 13.0. The predicted molar refractivity (Wildman–Crippen MR) is 126 cm³/mol. The fourth-order valence-electron chi connectivity index (χ4n) is 3.62. The largest absolute Gasteiger partial charge is 0.493 e. The molecule has 0 saturated heterocycles. The lowest BCUT2D eigenvalue weighted by atomic mass is 9.90. The molecule has 13 heteroatoms. The van der Waals surface area contributed by atoms with Crippen LogP contribution in [0.3, 0.4) is 0 Å². The number of hydroxylamine groups is 2. The molecule has 1 N–H and O–H groups in total. The number of rotatable bonds is 5. The first-order chi connectivity index (χ1) is 16.4. The van der Waals surface area contributed by atoms with Crippen LogP contribution in [0, 0.1) is 6.92 Å². The highest BCUT2D eigenvalue weighted by molar-refractivity contribution is 6.42. The van der Waals surface area contributed by atoms with Crippen molar-refractivity contribution in [3.8, 4) is 0 Å². The van der Waals surface area contributed by atoms with Crippen LogP contribution in [0.4, 0.5) is 24.9 Å². The Kier molecular flexibility index (Phi) is 8.32. The molecule has 0 unspecified atom stereocenters. The number of halogens is 5. The summed E-state index contributed by atoms with van der Waals surface area (Å²) in [6.45, 7) is 1.86. The lowest BCUT2D eigenvalue weighted by molar-refractivity contribution is -0.235. The van der Waals surface area contributed by atoms with E-state index in [1.165, 1.54) is 18.2 Å². The molecule has 1 aromatic carbocycles. The van der Waals surface area contributed by atoms with Crippen LogP contribution in [0.1, 0.15) is 41.6 Å². The van der Waals surface area contributed by atoms with Gasteiger partial charge in [0.1, 0.15) is 5.82 Å². The van der Waals surface area contributed by atoms with E-state index in [0.29, 0.717) is 42.5 Å². The van der Waals surface area contributed by atoms with Gasteiger partial charge < -0.3 is 15.1 Å². The molecule has 0 radical (unpaired) electrons. The second-order valence-corrected chi connectivity index (χ2v) is 9.20. The highest BCUT2D eigenvalue weighted by Crippen LogP contribution is 2.30. The van der Waals surface area contributed by atoms with E-state index in [1.807, 2.05) is 21.0 Å². The fraction of sp³-hybridized carbons (Fsp3) is 0.455. The summed E-state index contributed by atoms with van der Waals surface area (Å²) in [5.41, 5.74) is 0.788. The van der Waals surface area contributed by atoms with Gasteiger partial charge in [0.15, 0.2) is 0 Å². The van der Waals surface area contributed by atoms with Crippen LogP contribution in [-0.4, -0.2) is 59.3 Å². The van der Waals surface area contributed by atoms with Crippen molar-refractivity contribution in [1.29, 1.82) is 0 Å². The van der Waals surface area contributed by atoms with Gasteiger partial charge in [-0.05, 0) is 50.8 Å². The molecule has 2 aromatic rings. The van der Waals surface area contributed by atoms with E-state index >= 15 is 0 Å². The number of nitrogens with one attached hydrogen (secondary N) is 1. The monoisotopic (exact) mass is 533 g/mol. The SMILES string of the molecule is Cc1cnc(N(C)C)nc1NC1CCC(N(OC(=O)C(F)(F)F)C(=O)c2ccc(Cl)c(Cl)c2)CC1. The third-order valence-corrected chi connectivity index (χ3v) is 6.25. The number of aryl methyl sites for hydroxylation is 1. The Morgan fingerprint density at radius 1 is 1.11 bits per heavy atom. The van der Waals surface area contributed by atoms with Crippen LogP contribution in [0.5, 0.6) is 0 Å². The molecule has 1 aliphatic rings. The summed E-state index contributed by atoms with van der Waals surface area (Å²) in [4.78, 5) is 39.7. The summed E-state index contributed by atoms with van der Waals surface area (Å²) >= 11 is 11.8. The second kappa shape index (κ2) is 10.9. The molecular formula is C22H24Cl2F3N5O3. The van der Waals surface area contributed by atoms with Gasteiger partial charge in [-0.3, -0.25) is 4.79 Å². The van der Waals surface area contributed by atoms with Gasteiger partial charge in [-0.1, -0.05) is 23.2 Å². The predicted octanol–water partition coefficient (Wildman–Crippen LogP) is 5.04. The summed E-state index contributed by atoms with van der Waals surface area (Å²) < 4.78 is 38.7. The third kappa shape index (κ3) is 6.66. The molecule has 0 aliphatic heterocycles. The molecule has 8 nitrogen and oxygen atoms in total. The average Bonchev–Trinajstić information content (AvgIpc) is 2.80. The zero-order valence-corrected chi connectivity index (χ0v) is 20.7. The highest BCUT2D eigenvalue weighted by Gasteiger charge is 2.45. The molecule has 0 bridgehead atoms. The zero-order valence-electron chi connectivity index (χ0n) is 19.2. The second-order valence-electron chi connectivity index (χ2n) is 8.38. The Labute approximate surface area is 210 Å². The number of hydrogen-bond acceptors (Lipinski definition) is 7. The summed E-state index contributed by atoms with van der Waals surface area (Å²) in [7, 11) is 3.64. The number of benzene rings is 1. The molecule has 1 amide bonds. The van der Waals surface area contributed by atoms with Gasteiger partial charge in [0.2, 0.25) is 5.95 Å². The van der Waals surface area contributed by atoms with Gasteiger partial charge in [0, 0.05) is 37.5 Å². The number of alkyl halides is 3. The van der Waals surface area contributed by atoms with Gasteiger partial charge in [-0.25, -0.2) is 9.78 Å². The van der Waals surface area contributed by atoms with E-state index in [9.17, 15) is 22.8 Å². The quantitative estimate of drug-likeness (QED) is 0.538. The maximum atomic E-state index is 13.0. The maximum Gasteiger partial charge on any atom is 0.493 e. The van der Waals surface area contributed by atoms with Gasteiger partial charge in [0.25, 0.3) is 5.91 Å². The Hall–Kier alpha value is -2.79. The van der Waals surface area contributed by atoms with Crippen LogP contribution >= 0.6 is 23.2 Å². The van der Waals surface area contributed by atoms with Crippen molar-refractivity contribution in [1.82, 2.24) is 15.0 Å². The Morgan fingerprint density at radius 2 is 1.77 bits per heavy atom. The molecule has 0 atom stereocenters. The van der Waals surface area contributed by atoms with Crippen molar-refractivity contribution in [2.45, 2.75) is 50.9 Å². The number of nitrogens with zero attached hydrogens (tertiary/aromatic N) is 4. The number of hydrogen-bond donors (Lipinski definition) is 1. The van der Waals surface area contributed by atoms with E-state index in [1.54, 1.807) is 11.1 Å². The first-order valence-corrected chi connectivity index (χ1v) is 11.5. The molecule has 1 aliphatic carbocycles. The Morgan fingerprint density at radius 3 is 2.34 bits per heavy atom. The van der Waals surface area contributed by atoms with E-state index in [4.69, 9.17) is 23.2 Å². The Balaban J connectivity index is 1.75. The number of carbonyl (C=O) groups is 2. The molecule has 1 saturated carbocycles. The highest BCUT2D eigenvalue weighted by atomic mass is 35.5. The summed E-state index contributed by atoms with van der Waals surface area (Å²) in [6, 6.07) is 3.06. The first-order valence-electron chi connectivity index (χ1n) is 10.7. The van der Waals surface area contributed by atoms with Crippen molar-refractivity contribution in [2.75, 3.05) is 24.3 Å². The topological polar surface area (TPSA) is 87.7 Å². The molecule has 0 spiro atoms. The van der Waals surface area contributed by atoms with E-state index in [2.05, 4.69) is 20.1 Å². The zero-order chi connectivity index (χ0) is 25.9. The summed E-state index contributed by atoms with van der Waals surface area (Å²) in [5.74, 6) is -2.21. The molecular weight excluding hydrogens is 510 g/mol. The normalized spacial score (nSPS) is 18.1. The number of carbonyl (C=O) groups excluding carboxylic acids is 2. The van der Waals surface area contributed by atoms with Crippen molar-refractivity contribution in [2.24, 2.45) is 0 Å². The lowest BCUT2D eigenvalue weighted by Crippen LogP contribution is -2.47. The van der Waals surface area contributed by atoms with Crippen LogP contribution < -0.4 is 10.2 Å². The smallest absolute Gasteiger partial charge is 0.367 e. The van der Waals surface area contributed by atoms with E-state index < -0.39 is 24.1 Å². The standard InChI is InChI=1S/C22H24Cl2F3N5O3/c1-12-11-28-21(31(2)3)30-18(12)29-14-5-7-15(8-6-14)32(35-20(34)22(25,26)27)19(33)13-4-9-16(23)17(24)10-13/h4,9-11,14-15H,5-8H2,1-3H3,(H,28,29,30). The van der Waals surface area contributed by atoms with Crippen LogP contribution in [0.15, 0.2) is 24.4 Å². The number of aromatic nitrogens is 2. The van der Waals surface area contributed by atoms with Crippen molar-refractivity contribution >= 4 is 46.8 Å². The van der Waals surface area contributed by atoms with Crippen LogP contribution in [0.25, 0.3) is 0 Å². The molecule has 190 valence electrons. The van der Waals surface area contributed by atoms with Gasteiger partial charge >= 0.3 is 12.1 Å². The van der Waals surface area contributed by atoms with Crippen molar-refractivity contribution < 1.29 is 27.6 Å². The van der Waals surface area contributed by atoms with Gasteiger partial charge in [-0.2, -0.15) is 23.2 Å². The minimum Gasteiger partial charge on any atom is -0.367 e.